The average molecular weight is 377 g/mol. The van der Waals surface area contributed by atoms with Crippen molar-refractivity contribution < 1.29 is 4.74 Å². The van der Waals surface area contributed by atoms with Crippen LogP contribution in [0.15, 0.2) is 24.3 Å². The summed E-state index contributed by atoms with van der Waals surface area (Å²) in [6.45, 7) is 0. The van der Waals surface area contributed by atoms with Crippen molar-refractivity contribution >= 4 is 12.4 Å². The van der Waals surface area contributed by atoms with E-state index in [1.807, 2.05) is 12.1 Å². The van der Waals surface area contributed by atoms with E-state index in [1.54, 1.807) is 7.11 Å². The SMILES string of the molecule is COc1ccc(-n2nc(C3CCCC3)nc2C2CCC(N)CC2)cc1.Cl. The van der Waals surface area contributed by atoms with Gasteiger partial charge >= 0.3 is 0 Å². The maximum absolute atomic E-state index is 6.10. The number of hydrogen-bond donors (Lipinski definition) is 1. The van der Waals surface area contributed by atoms with Crippen LogP contribution < -0.4 is 10.5 Å². The monoisotopic (exact) mass is 376 g/mol. The zero-order valence-corrected chi connectivity index (χ0v) is 16.3. The molecule has 0 aliphatic heterocycles. The predicted molar refractivity (Wildman–Crippen MR) is 106 cm³/mol. The number of nitrogens with two attached hydrogens (primary N) is 1. The first-order chi connectivity index (χ1) is 12.2. The molecule has 0 spiro atoms. The first kappa shape index (κ1) is 19.2. The number of hydrogen-bond acceptors (Lipinski definition) is 4. The van der Waals surface area contributed by atoms with Crippen molar-refractivity contribution in [3.8, 4) is 11.4 Å². The van der Waals surface area contributed by atoms with Crippen LogP contribution in [0.2, 0.25) is 0 Å². The van der Waals surface area contributed by atoms with E-state index in [-0.39, 0.29) is 12.4 Å². The first-order valence-electron chi connectivity index (χ1n) is 9.61. The van der Waals surface area contributed by atoms with Crippen LogP contribution in [0.25, 0.3) is 5.69 Å². The fourth-order valence-electron chi connectivity index (χ4n) is 4.25. The molecule has 2 N–H and O–H groups in total. The molecular weight excluding hydrogens is 348 g/mol. The van der Waals surface area contributed by atoms with Crippen LogP contribution in [-0.4, -0.2) is 27.9 Å². The van der Waals surface area contributed by atoms with E-state index in [2.05, 4.69) is 16.8 Å². The molecule has 0 unspecified atom stereocenters. The lowest BCUT2D eigenvalue weighted by atomic mass is 9.86. The van der Waals surface area contributed by atoms with Gasteiger partial charge in [-0.25, -0.2) is 9.67 Å². The summed E-state index contributed by atoms with van der Waals surface area (Å²) in [5.74, 6) is 4.02. The van der Waals surface area contributed by atoms with Crippen LogP contribution in [0.4, 0.5) is 0 Å². The van der Waals surface area contributed by atoms with Crippen molar-refractivity contribution in [2.24, 2.45) is 5.73 Å². The summed E-state index contributed by atoms with van der Waals surface area (Å²) in [7, 11) is 1.69. The Bertz CT molecular complexity index is 701. The second kappa shape index (κ2) is 8.40. The summed E-state index contributed by atoms with van der Waals surface area (Å²) in [5.41, 5.74) is 7.18. The topological polar surface area (TPSA) is 66.0 Å². The molecule has 2 fully saturated rings. The van der Waals surface area contributed by atoms with Gasteiger partial charge in [-0.15, -0.1) is 12.4 Å². The standard InChI is InChI=1S/C20H28N4O.ClH/c1-25-18-12-10-17(11-13-18)24-20(15-6-8-16(21)9-7-15)22-19(23-24)14-4-2-3-5-14;/h10-16H,2-9,21H2,1H3;1H. The van der Waals surface area contributed by atoms with E-state index < -0.39 is 0 Å². The molecule has 2 aliphatic carbocycles. The maximum atomic E-state index is 6.10. The predicted octanol–water partition coefficient (Wildman–Crippen LogP) is 4.34. The Hall–Kier alpha value is -1.59. The summed E-state index contributed by atoms with van der Waals surface area (Å²) < 4.78 is 7.37. The summed E-state index contributed by atoms with van der Waals surface area (Å²) in [6, 6.07) is 8.48. The van der Waals surface area contributed by atoms with Gasteiger partial charge in [-0.2, -0.15) is 5.10 Å². The van der Waals surface area contributed by atoms with Gasteiger partial charge < -0.3 is 10.5 Å². The Morgan fingerprint density at radius 2 is 1.62 bits per heavy atom. The van der Waals surface area contributed by atoms with Crippen LogP contribution in [0, 0.1) is 0 Å². The Morgan fingerprint density at radius 3 is 2.23 bits per heavy atom. The van der Waals surface area contributed by atoms with E-state index in [4.69, 9.17) is 20.6 Å². The molecule has 0 atom stereocenters. The smallest absolute Gasteiger partial charge is 0.154 e. The molecule has 1 aromatic carbocycles. The first-order valence-corrected chi connectivity index (χ1v) is 9.61. The van der Waals surface area contributed by atoms with Crippen LogP contribution in [-0.2, 0) is 0 Å². The Balaban J connectivity index is 0.00000196. The minimum Gasteiger partial charge on any atom is -0.497 e. The third kappa shape index (κ3) is 3.89. The molecule has 1 aromatic heterocycles. The Morgan fingerprint density at radius 1 is 0.962 bits per heavy atom. The lowest BCUT2D eigenvalue weighted by Gasteiger charge is -2.25. The van der Waals surface area contributed by atoms with Gasteiger partial charge in [-0.1, -0.05) is 12.8 Å². The van der Waals surface area contributed by atoms with E-state index in [0.717, 1.165) is 48.8 Å². The molecule has 142 valence electrons. The molecule has 5 nitrogen and oxygen atoms in total. The lowest BCUT2D eigenvalue weighted by Crippen LogP contribution is -2.26. The molecule has 2 aromatic rings. The van der Waals surface area contributed by atoms with Gasteiger partial charge in [-0.3, -0.25) is 0 Å². The molecule has 1 heterocycles. The molecule has 2 saturated carbocycles. The molecule has 0 saturated heterocycles. The highest BCUT2D eigenvalue weighted by atomic mass is 35.5. The highest BCUT2D eigenvalue weighted by Crippen LogP contribution is 2.36. The Kier molecular flexibility index (Phi) is 6.20. The number of aromatic nitrogens is 3. The van der Waals surface area contributed by atoms with Gasteiger partial charge in [0, 0.05) is 17.9 Å². The van der Waals surface area contributed by atoms with Crippen molar-refractivity contribution in [1.29, 1.82) is 0 Å². The second-order valence-corrected chi connectivity index (χ2v) is 7.53. The zero-order chi connectivity index (χ0) is 17.2. The van der Waals surface area contributed by atoms with E-state index >= 15 is 0 Å². The number of benzene rings is 1. The second-order valence-electron chi connectivity index (χ2n) is 7.53. The number of methoxy groups -OCH3 is 1. The fourth-order valence-corrected chi connectivity index (χ4v) is 4.25. The van der Waals surface area contributed by atoms with Crippen LogP contribution in [0.5, 0.6) is 5.75 Å². The molecule has 6 heteroatoms. The van der Waals surface area contributed by atoms with Gasteiger partial charge in [0.2, 0.25) is 0 Å². The largest absolute Gasteiger partial charge is 0.497 e. The maximum Gasteiger partial charge on any atom is 0.154 e. The molecule has 0 amide bonds. The highest BCUT2D eigenvalue weighted by molar-refractivity contribution is 5.85. The highest BCUT2D eigenvalue weighted by Gasteiger charge is 2.29. The van der Waals surface area contributed by atoms with Gasteiger partial charge in [0.25, 0.3) is 0 Å². The molecule has 2 aliphatic rings. The van der Waals surface area contributed by atoms with Crippen molar-refractivity contribution in [3.63, 3.8) is 0 Å². The number of rotatable bonds is 4. The lowest BCUT2D eigenvalue weighted by molar-refractivity contribution is 0.380. The summed E-state index contributed by atoms with van der Waals surface area (Å²) in [6.07, 6.45) is 9.44. The van der Waals surface area contributed by atoms with E-state index in [9.17, 15) is 0 Å². The van der Waals surface area contributed by atoms with Crippen molar-refractivity contribution in [1.82, 2.24) is 14.8 Å². The van der Waals surface area contributed by atoms with Crippen LogP contribution in [0.3, 0.4) is 0 Å². The fraction of sp³-hybridized carbons (Fsp3) is 0.600. The third-order valence-electron chi connectivity index (χ3n) is 5.82. The summed E-state index contributed by atoms with van der Waals surface area (Å²) in [5, 5.41) is 4.95. The molecule has 0 bridgehead atoms. The summed E-state index contributed by atoms with van der Waals surface area (Å²) >= 11 is 0. The van der Waals surface area contributed by atoms with Crippen molar-refractivity contribution in [3.05, 3.63) is 35.9 Å². The molecule has 26 heavy (non-hydrogen) atoms. The van der Waals surface area contributed by atoms with Gasteiger partial charge in [0.15, 0.2) is 5.82 Å². The van der Waals surface area contributed by atoms with Crippen molar-refractivity contribution in [2.75, 3.05) is 7.11 Å². The molecule has 0 radical (unpaired) electrons. The van der Waals surface area contributed by atoms with E-state index in [0.29, 0.717) is 17.9 Å². The van der Waals surface area contributed by atoms with Gasteiger partial charge in [-0.05, 0) is 62.8 Å². The molecular formula is C20H29ClN4O. The van der Waals surface area contributed by atoms with Crippen LogP contribution >= 0.6 is 12.4 Å². The Labute approximate surface area is 161 Å². The summed E-state index contributed by atoms with van der Waals surface area (Å²) in [4.78, 5) is 5.04. The number of halogens is 1. The number of ether oxygens (including phenoxy) is 1. The minimum absolute atomic E-state index is 0. The third-order valence-corrected chi connectivity index (χ3v) is 5.82. The average Bonchev–Trinajstić information content (AvgIpc) is 3.32. The van der Waals surface area contributed by atoms with Crippen LogP contribution in [0.1, 0.15) is 74.9 Å². The minimum atomic E-state index is 0. The zero-order valence-electron chi connectivity index (χ0n) is 15.4. The number of nitrogens with zero attached hydrogens (tertiary/aromatic N) is 3. The van der Waals surface area contributed by atoms with Gasteiger partial charge in [0.05, 0.1) is 12.8 Å². The van der Waals surface area contributed by atoms with Crippen molar-refractivity contribution in [2.45, 2.75) is 69.2 Å². The van der Waals surface area contributed by atoms with E-state index in [1.165, 1.54) is 25.7 Å². The normalized spacial score (nSPS) is 23.6. The molecule has 4 rings (SSSR count). The van der Waals surface area contributed by atoms with Gasteiger partial charge in [0.1, 0.15) is 11.6 Å². The quantitative estimate of drug-likeness (QED) is 0.861.